The third-order valence-corrected chi connectivity index (χ3v) is 3.47. The normalized spacial score (nSPS) is 22.2. The Bertz CT molecular complexity index is 420. The molecule has 1 saturated heterocycles. The lowest BCUT2D eigenvalue weighted by molar-refractivity contribution is -0.176. The zero-order chi connectivity index (χ0) is 13.9. The van der Waals surface area contributed by atoms with Crippen molar-refractivity contribution in [2.45, 2.75) is 19.6 Å². The van der Waals surface area contributed by atoms with Gasteiger partial charge in [0.05, 0.1) is 5.92 Å². The van der Waals surface area contributed by atoms with Crippen LogP contribution in [0.4, 0.5) is 13.2 Å². The van der Waals surface area contributed by atoms with Gasteiger partial charge < -0.3 is 5.32 Å². The third-order valence-electron chi connectivity index (χ3n) is 3.47. The number of pyridine rings is 1. The van der Waals surface area contributed by atoms with Gasteiger partial charge in [-0.3, -0.25) is 9.88 Å². The second kappa shape index (κ2) is 5.88. The summed E-state index contributed by atoms with van der Waals surface area (Å²) >= 11 is 0. The number of aryl methyl sites for hydroxylation is 1. The molecule has 19 heavy (non-hydrogen) atoms. The van der Waals surface area contributed by atoms with Gasteiger partial charge >= 0.3 is 6.18 Å². The molecule has 2 rings (SSSR count). The van der Waals surface area contributed by atoms with Crippen LogP contribution in [0.5, 0.6) is 0 Å². The van der Waals surface area contributed by atoms with Crippen molar-refractivity contribution in [1.82, 2.24) is 15.2 Å². The SMILES string of the molecule is Cc1cnccc1CN1CCNCC(C(F)(F)F)C1. The van der Waals surface area contributed by atoms with E-state index in [-0.39, 0.29) is 13.1 Å². The summed E-state index contributed by atoms with van der Waals surface area (Å²) in [7, 11) is 0. The smallest absolute Gasteiger partial charge is 0.315 e. The Kier molecular flexibility index (Phi) is 4.42. The molecule has 1 aliphatic heterocycles. The number of rotatable bonds is 2. The Hall–Kier alpha value is -1.14. The number of nitrogens with zero attached hydrogens (tertiary/aromatic N) is 2. The standard InChI is InChI=1S/C13H18F3N3/c1-10-6-17-3-2-11(10)8-19-5-4-18-7-12(9-19)13(14,15)16/h2-3,6,12,18H,4-5,7-9H2,1H3. The van der Waals surface area contributed by atoms with Crippen LogP contribution in [0.1, 0.15) is 11.1 Å². The Balaban J connectivity index is 2.05. The number of hydrogen-bond donors (Lipinski definition) is 1. The van der Waals surface area contributed by atoms with E-state index >= 15 is 0 Å². The highest BCUT2D eigenvalue weighted by Gasteiger charge is 2.40. The van der Waals surface area contributed by atoms with Crippen LogP contribution < -0.4 is 5.32 Å². The lowest BCUT2D eigenvalue weighted by atomic mass is 10.1. The summed E-state index contributed by atoms with van der Waals surface area (Å²) in [5.41, 5.74) is 2.06. The number of nitrogens with one attached hydrogen (secondary N) is 1. The highest BCUT2D eigenvalue weighted by Crippen LogP contribution is 2.27. The fourth-order valence-corrected chi connectivity index (χ4v) is 2.26. The molecule has 1 fully saturated rings. The van der Waals surface area contributed by atoms with Crippen LogP contribution in [0.3, 0.4) is 0 Å². The molecule has 1 atom stereocenters. The summed E-state index contributed by atoms with van der Waals surface area (Å²) in [6.45, 7) is 3.76. The van der Waals surface area contributed by atoms with Gasteiger partial charge in [0.1, 0.15) is 0 Å². The second-order valence-electron chi connectivity index (χ2n) is 4.98. The lowest BCUT2D eigenvalue weighted by Crippen LogP contribution is -2.37. The minimum Gasteiger partial charge on any atom is -0.315 e. The van der Waals surface area contributed by atoms with Crippen molar-refractivity contribution in [2.24, 2.45) is 5.92 Å². The van der Waals surface area contributed by atoms with Gasteiger partial charge in [0, 0.05) is 45.1 Å². The zero-order valence-electron chi connectivity index (χ0n) is 10.9. The molecule has 2 heterocycles. The van der Waals surface area contributed by atoms with Gasteiger partial charge in [0.25, 0.3) is 0 Å². The fraction of sp³-hybridized carbons (Fsp3) is 0.615. The van der Waals surface area contributed by atoms with E-state index in [9.17, 15) is 13.2 Å². The molecule has 1 aromatic heterocycles. The first kappa shape index (κ1) is 14.3. The maximum Gasteiger partial charge on any atom is 0.394 e. The van der Waals surface area contributed by atoms with Crippen molar-refractivity contribution in [3.05, 3.63) is 29.6 Å². The molecule has 0 saturated carbocycles. The van der Waals surface area contributed by atoms with E-state index in [0.29, 0.717) is 19.6 Å². The average Bonchev–Trinajstić information content (AvgIpc) is 2.57. The van der Waals surface area contributed by atoms with Gasteiger partial charge in [0.2, 0.25) is 0 Å². The highest BCUT2D eigenvalue weighted by atomic mass is 19.4. The van der Waals surface area contributed by atoms with Gasteiger partial charge in [-0.15, -0.1) is 0 Å². The van der Waals surface area contributed by atoms with Crippen molar-refractivity contribution in [1.29, 1.82) is 0 Å². The van der Waals surface area contributed by atoms with Crippen molar-refractivity contribution in [3.8, 4) is 0 Å². The van der Waals surface area contributed by atoms with Crippen molar-refractivity contribution in [2.75, 3.05) is 26.2 Å². The van der Waals surface area contributed by atoms with Gasteiger partial charge in [0.15, 0.2) is 0 Å². The Morgan fingerprint density at radius 3 is 2.95 bits per heavy atom. The first-order valence-electron chi connectivity index (χ1n) is 6.36. The molecule has 1 aromatic rings. The van der Waals surface area contributed by atoms with Crippen molar-refractivity contribution >= 4 is 0 Å². The summed E-state index contributed by atoms with van der Waals surface area (Å²) in [5, 5.41) is 2.86. The summed E-state index contributed by atoms with van der Waals surface area (Å²) in [6.07, 6.45) is -0.713. The number of alkyl halides is 3. The predicted octanol–water partition coefficient (Wildman–Crippen LogP) is 1.97. The summed E-state index contributed by atoms with van der Waals surface area (Å²) in [6, 6.07) is 1.87. The van der Waals surface area contributed by atoms with Gasteiger partial charge in [-0.1, -0.05) is 0 Å². The van der Waals surface area contributed by atoms with E-state index in [0.717, 1.165) is 11.1 Å². The summed E-state index contributed by atoms with van der Waals surface area (Å²) in [5.74, 6) is -1.29. The van der Waals surface area contributed by atoms with Crippen LogP contribution in [-0.4, -0.2) is 42.2 Å². The van der Waals surface area contributed by atoms with Gasteiger partial charge in [-0.2, -0.15) is 13.2 Å². The monoisotopic (exact) mass is 273 g/mol. The molecule has 1 N–H and O–H groups in total. The van der Waals surface area contributed by atoms with E-state index in [4.69, 9.17) is 0 Å². The van der Waals surface area contributed by atoms with Crippen LogP contribution in [0, 0.1) is 12.8 Å². The van der Waals surface area contributed by atoms with E-state index in [1.54, 1.807) is 12.4 Å². The van der Waals surface area contributed by atoms with E-state index in [2.05, 4.69) is 10.3 Å². The Morgan fingerprint density at radius 1 is 1.47 bits per heavy atom. The molecular formula is C13H18F3N3. The number of halogens is 3. The molecule has 6 heteroatoms. The zero-order valence-corrected chi connectivity index (χ0v) is 10.9. The molecule has 1 aliphatic rings. The summed E-state index contributed by atoms with van der Waals surface area (Å²) < 4.78 is 38.5. The quantitative estimate of drug-likeness (QED) is 0.893. The number of hydrogen-bond acceptors (Lipinski definition) is 3. The molecule has 0 aliphatic carbocycles. The maximum atomic E-state index is 12.8. The van der Waals surface area contributed by atoms with E-state index in [1.165, 1.54) is 0 Å². The molecule has 0 spiro atoms. The van der Waals surface area contributed by atoms with Crippen molar-refractivity contribution in [3.63, 3.8) is 0 Å². The molecule has 0 radical (unpaired) electrons. The van der Waals surface area contributed by atoms with Gasteiger partial charge in [-0.25, -0.2) is 0 Å². The second-order valence-corrected chi connectivity index (χ2v) is 4.98. The van der Waals surface area contributed by atoms with Crippen LogP contribution in [-0.2, 0) is 6.54 Å². The molecular weight excluding hydrogens is 255 g/mol. The topological polar surface area (TPSA) is 28.2 Å². The molecule has 1 unspecified atom stereocenters. The largest absolute Gasteiger partial charge is 0.394 e. The predicted molar refractivity (Wildman–Crippen MR) is 66.7 cm³/mol. The Morgan fingerprint density at radius 2 is 2.26 bits per heavy atom. The first-order valence-corrected chi connectivity index (χ1v) is 6.36. The lowest BCUT2D eigenvalue weighted by Gasteiger charge is -2.25. The Labute approximate surface area is 110 Å². The first-order chi connectivity index (χ1) is 8.97. The molecule has 3 nitrogen and oxygen atoms in total. The van der Waals surface area contributed by atoms with Crippen LogP contribution in [0.25, 0.3) is 0 Å². The van der Waals surface area contributed by atoms with Gasteiger partial charge in [-0.05, 0) is 24.1 Å². The summed E-state index contributed by atoms with van der Waals surface area (Å²) in [4.78, 5) is 5.86. The van der Waals surface area contributed by atoms with E-state index in [1.807, 2.05) is 17.9 Å². The molecule has 0 bridgehead atoms. The average molecular weight is 273 g/mol. The van der Waals surface area contributed by atoms with E-state index < -0.39 is 12.1 Å². The molecule has 0 aromatic carbocycles. The van der Waals surface area contributed by atoms with Crippen LogP contribution >= 0.6 is 0 Å². The molecule has 106 valence electrons. The third kappa shape index (κ3) is 3.91. The van der Waals surface area contributed by atoms with Crippen LogP contribution in [0.15, 0.2) is 18.5 Å². The van der Waals surface area contributed by atoms with Crippen LogP contribution in [0.2, 0.25) is 0 Å². The van der Waals surface area contributed by atoms with Crippen molar-refractivity contribution < 1.29 is 13.2 Å². The fourth-order valence-electron chi connectivity index (χ4n) is 2.26. The molecule has 0 amide bonds. The minimum absolute atomic E-state index is 0.00925. The highest BCUT2D eigenvalue weighted by molar-refractivity contribution is 5.21. The maximum absolute atomic E-state index is 12.8. The number of aromatic nitrogens is 1. The minimum atomic E-state index is -4.14.